The number of nitrogens with zero attached hydrogens (tertiary/aromatic N) is 4. The van der Waals surface area contributed by atoms with E-state index < -0.39 is 0 Å². The molecule has 0 spiro atoms. The lowest BCUT2D eigenvalue weighted by Crippen LogP contribution is -2.27. The molecule has 2 rings (SSSR count). The van der Waals surface area contributed by atoms with Crippen LogP contribution in [0.25, 0.3) is 0 Å². The van der Waals surface area contributed by atoms with Crippen molar-refractivity contribution in [1.82, 2.24) is 15.0 Å². The van der Waals surface area contributed by atoms with Crippen molar-refractivity contribution >= 4 is 5.69 Å². The molecule has 0 aliphatic rings. The second kappa shape index (κ2) is 7.37. The smallest absolute Gasteiger partial charge is 0.316 e. The predicted molar refractivity (Wildman–Crippen MR) is 84.8 cm³/mol. The summed E-state index contributed by atoms with van der Waals surface area (Å²) in [5.41, 5.74) is 9.07. The first-order valence-corrected chi connectivity index (χ1v) is 6.95. The van der Waals surface area contributed by atoms with Gasteiger partial charge in [-0.1, -0.05) is 6.92 Å². The average molecular weight is 300 g/mol. The van der Waals surface area contributed by atoms with Gasteiger partial charge in [0.1, 0.15) is 6.61 Å². The fraction of sp³-hybridized carbons (Fsp3) is 0.267. The first-order chi connectivity index (χ1) is 10.6. The van der Waals surface area contributed by atoms with Crippen molar-refractivity contribution in [3.05, 3.63) is 53.9 Å². The molecule has 7 nitrogen and oxygen atoms in total. The zero-order chi connectivity index (χ0) is 15.9. The molecular formula is C15H20N6O. The molecule has 0 amide bonds. The van der Waals surface area contributed by atoms with E-state index in [1.54, 1.807) is 30.9 Å². The van der Waals surface area contributed by atoms with Crippen molar-refractivity contribution in [3.63, 3.8) is 0 Å². The highest BCUT2D eigenvalue weighted by Crippen LogP contribution is 2.11. The number of ether oxygens (including phenoxy) is 1. The lowest BCUT2D eigenvalue weighted by Gasteiger charge is -2.15. The van der Waals surface area contributed by atoms with Crippen molar-refractivity contribution < 1.29 is 4.74 Å². The Balaban J connectivity index is 1.94. The topological polar surface area (TPSA) is 103 Å². The molecule has 4 N–H and O–H groups in total. The molecule has 7 heteroatoms. The molecule has 0 saturated heterocycles. The Labute approximate surface area is 129 Å². The molecule has 2 aromatic rings. The molecule has 0 aliphatic carbocycles. The van der Waals surface area contributed by atoms with E-state index in [0.29, 0.717) is 5.70 Å². The van der Waals surface area contributed by atoms with Gasteiger partial charge in [0.2, 0.25) is 0 Å². The second-order valence-corrected chi connectivity index (χ2v) is 4.78. The van der Waals surface area contributed by atoms with E-state index in [-0.39, 0.29) is 12.6 Å². The van der Waals surface area contributed by atoms with Gasteiger partial charge in [-0.05, 0) is 31.0 Å². The minimum absolute atomic E-state index is 0.156. The Morgan fingerprint density at radius 3 is 2.68 bits per heavy atom. The molecular weight excluding hydrogens is 280 g/mol. The van der Waals surface area contributed by atoms with E-state index in [9.17, 15) is 0 Å². The summed E-state index contributed by atoms with van der Waals surface area (Å²) in [5.74, 6) is 5.93. The molecule has 2 heterocycles. The number of aryl methyl sites for hydroxylation is 2. The highest BCUT2D eigenvalue weighted by Gasteiger charge is 2.03. The van der Waals surface area contributed by atoms with Crippen molar-refractivity contribution in [1.29, 1.82) is 0 Å². The summed E-state index contributed by atoms with van der Waals surface area (Å²) in [4.78, 5) is 12.3. The summed E-state index contributed by atoms with van der Waals surface area (Å²) in [6.45, 7) is 4.09. The summed E-state index contributed by atoms with van der Waals surface area (Å²) in [6, 6.07) is 3.94. The Kier molecular flexibility index (Phi) is 5.26. The van der Waals surface area contributed by atoms with Crippen molar-refractivity contribution in [3.8, 4) is 6.01 Å². The van der Waals surface area contributed by atoms with Crippen LogP contribution in [0, 0.1) is 6.92 Å². The van der Waals surface area contributed by atoms with E-state index in [2.05, 4.69) is 15.0 Å². The lowest BCUT2D eigenvalue weighted by molar-refractivity contribution is 0.321. The number of hydrazine groups is 1. The van der Waals surface area contributed by atoms with Gasteiger partial charge in [0.25, 0.3) is 0 Å². The molecule has 0 unspecified atom stereocenters. The van der Waals surface area contributed by atoms with Crippen LogP contribution >= 0.6 is 0 Å². The van der Waals surface area contributed by atoms with Crippen LogP contribution in [0.2, 0.25) is 0 Å². The van der Waals surface area contributed by atoms with Crippen LogP contribution in [0.3, 0.4) is 0 Å². The largest absolute Gasteiger partial charge is 0.457 e. The summed E-state index contributed by atoms with van der Waals surface area (Å²) in [6.07, 6.45) is 7.63. The Hall–Kier alpha value is -2.67. The molecule has 0 radical (unpaired) electrons. The SMILES string of the molecule is CCc1cnc(OC/C(N)=C/N(N)c2ccnc(C)c2)nc1. The van der Waals surface area contributed by atoms with Crippen LogP contribution in [0.1, 0.15) is 18.2 Å². The van der Waals surface area contributed by atoms with E-state index in [4.69, 9.17) is 16.3 Å². The van der Waals surface area contributed by atoms with Gasteiger partial charge >= 0.3 is 6.01 Å². The van der Waals surface area contributed by atoms with Gasteiger partial charge in [0, 0.05) is 30.5 Å². The van der Waals surface area contributed by atoms with Gasteiger partial charge < -0.3 is 10.5 Å². The molecule has 2 aromatic heterocycles. The number of hydrogen-bond donors (Lipinski definition) is 2. The van der Waals surface area contributed by atoms with Crippen LogP contribution in [-0.2, 0) is 6.42 Å². The average Bonchev–Trinajstić information content (AvgIpc) is 2.53. The van der Waals surface area contributed by atoms with E-state index in [1.165, 1.54) is 5.01 Å². The third-order valence-corrected chi connectivity index (χ3v) is 2.94. The van der Waals surface area contributed by atoms with Gasteiger partial charge in [-0.25, -0.2) is 15.8 Å². The first kappa shape index (κ1) is 15.7. The minimum atomic E-state index is 0.156. The van der Waals surface area contributed by atoms with Crippen molar-refractivity contribution in [2.75, 3.05) is 11.6 Å². The molecule has 0 atom stereocenters. The van der Waals surface area contributed by atoms with Crippen LogP contribution in [0.4, 0.5) is 5.69 Å². The van der Waals surface area contributed by atoms with E-state index >= 15 is 0 Å². The predicted octanol–water partition coefficient (Wildman–Crippen LogP) is 1.30. The van der Waals surface area contributed by atoms with Gasteiger partial charge in [0.15, 0.2) is 0 Å². The van der Waals surface area contributed by atoms with Crippen LogP contribution in [0.15, 0.2) is 42.6 Å². The number of aromatic nitrogens is 3. The maximum Gasteiger partial charge on any atom is 0.316 e. The minimum Gasteiger partial charge on any atom is -0.457 e. The molecule has 0 aliphatic heterocycles. The summed E-state index contributed by atoms with van der Waals surface area (Å²) < 4.78 is 5.42. The molecule has 22 heavy (non-hydrogen) atoms. The van der Waals surface area contributed by atoms with Crippen LogP contribution < -0.4 is 21.3 Å². The Morgan fingerprint density at radius 2 is 2.05 bits per heavy atom. The van der Waals surface area contributed by atoms with E-state index in [0.717, 1.165) is 23.4 Å². The molecule has 0 bridgehead atoms. The second-order valence-electron chi connectivity index (χ2n) is 4.78. The number of nitrogens with two attached hydrogens (primary N) is 2. The Morgan fingerprint density at radius 1 is 1.32 bits per heavy atom. The number of anilines is 1. The van der Waals surface area contributed by atoms with Gasteiger partial charge in [-0.15, -0.1) is 0 Å². The van der Waals surface area contributed by atoms with Gasteiger partial charge in [0.05, 0.1) is 11.4 Å². The number of rotatable bonds is 6. The first-order valence-electron chi connectivity index (χ1n) is 6.95. The highest BCUT2D eigenvalue weighted by molar-refractivity contribution is 5.47. The third-order valence-electron chi connectivity index (χ3n) is 2.94. The van der Waals surface area contributed by atoms with Crippen molar-refractivity contribution in [2.45, 2.75) is 20.3 Å². The van der Waals surface area contributed by atoms with Crippen molar-refractivity contribution in [2.24, 2.45) is 11.6 Å². The standard InChI is InChI=1S/C15H20N6O/c1-3-12-7-19-15(20-8-12)22-10-13(16)9-21(17)14-4-5-18-11(2)6-14/h4-9H,3,10,16-17H2,1-2H3/b13-9-. The Bertz CT molecular complexity index is 641. The van der Waals surface area contributed by atoms with Gasteiger partial charge in [-0.2, -0.15) is 0 Å². The number of hydrogen-bond acceptors (Lipinski definition) is 7. The maximum atomic E-state index is 5.93. The quantitative estimate of drug-likeness (QED) is 0.612. The zero-order valence-corrected chi connectivity index (χ0v) is 12.7. The monoisotopic (exact) mass is 300 g/mol. The maximum absolute atomic E-state index is 5.93. The lowest BCUT2D eigenvalue weighted by atomic mass is 10.3. The molecule has 116 valence electrons. The highest BCUT2D eigenvalue weighted by atomic mass is 16.5. The van der Waals surface area contributed by atoms with E-state index in [1.807, 2.05) is 19.9 Å². The fourth-order valence-corrected chi connectivity index (χ4v) is 1.73. The van der Waals surface area contributed by atoms with Gasteiger partial charge in [-0.3, -0.25) is 9.99 Å². The summed E-state index contributed by atoms with van der Waals surface area (Å²) >= 11 is 0. The fourth-order valence-electron chi connectivity index (χ4n) is 1.73. The summed E-state index contributed by atoms with van der Waals surface area (Å²) in [7, 11) is 0. The molecule has 0 saturated carbocycles. The summed E-state index contributed by atoms with van der Waals surface area (Å²) in [5, 5.41) is 1.43. The third kappa shape index (κ3) is 4.42. The number of pyridine rings is 1. The zero-order valence-electron chi connectivity index (χ0n) is 12.7. The van der Waals surface area contributed by atoms with Crippen LogP contribution in [0.5, 0.6) is 6.01 Å². The molecule has 0 fully saturated rings. The normalized spacial score (nSPS) is 11.3. The molecule has 0 aromatic carbocycles. The van der Waals surface area contributed by atoms with Crippen LogP contribution in [-0.4, -0.2) is 21.6 Å².